The van der Waals surface area contributed by atoms with Crippen LogP contribution in [0.5, 0.6) is 0 Å². The number of nitrogens with zero attached hydrogens (tertiary/aromatic N) is 3. The second-order valence-electron chi connectivity index (χ2n) is 10.2. The smallest absolute Gasteiger partial charge is 0.338 e. The van der Waals surface area contributed by atoms with Crippen LogP contribution < -0.4 is 0 Å². The minimum absolute atomic E-state index is 0.0803. The Bertz CT molecular complexity index is 1180. The summed E-state index contributed by atoms with van der Waals surface area (Å²) in [5.74, 6) is -0.706. The molecule has 1 saturated heterocycles. The fourth-order valence-electron chi connectivity index (χ4n) is 5.09. The predicted molar refractivity (Wildman–Crippen MR) is 134 cm³/mol. The summed E-state index contributed by atoms with van der Waals surface area (Å²) in [5, 5.41) is 0. The number of alkyl halides is 3. The zero-order chi connectivity index (χ0) is 26.6. The zero-order valence-corrected chi connectivity index (χ0v) is 21.0. The lowest BCUT2D eigenvalue weighted by molar-refractivity contribution is -0.137. The van der Waals surface area contributed by atoms with Crippen LogP contribution in [0, 0.1) is 17.7 Å². The summed E-state index contributed by atoms with van der Waals surface area (Å²) in [6, 6.07) is 14.8. The third-order valence-corrected chi connectivity index (χ3v) is 6.71. The quantitative estimate of drug-likeness (QED) is 0.334. The Balaban J connectivity index is 1.63. The molecule has 0 N–H and O–H groups in total. The van der Waals surface area contributed by atoms with Crippen molar-refractivity contribution in [1.29, 1.82) is 0 Å². The summed E-state index contributed by atoms with van der Waals surface area (Å²) < 4.78 is 53.9. The maximum atomic E-state index is 13.5. The van der Waals surface area contributed by atoms with Crippen molar-refractivity contribution >= 4 is 5.91 Å². The van der Waals surface area contributed by atoms with Crippen molar-refractivity contribution in [2.75, 3.05) is 26.2 Å². The largest absolute Gasteiger partial charge is 0.416 e. The number of hydrogen-bond donors (Lipinski definition) is 0. The van der Waals surface area contributed by atoms with Gasteiger partial charge in [-0.15, -0.1) is 0 Å². The predicted octanol–water partition coefficient (Wildman–Crippen LogP) is 6.25. The zero-order valence-electron chi connectivity index (χ0n) is 21.0. The van der Waals surface area contributed by atoms with Gasteiger partial charge in [-0.3, -0.25) is 14.7 Å². The fourth-order valence-corrected chi connectivity index (χ4v) is 5.09. The summed E-state index contributed by atoms with van der Waals surface area (Å²) in [5.41, 5.74) is 1.36. The maximum Gasteiger partial charge on any atom is 0.416 e. The molecule has 2 unspecified atom stereocenters. The number of amides is 1. The number of rotatable bonds is 8. The Morgan fingerprint density at radius 1 is 1.08 bits per heavy atom. The van der Waals surface area contributed by atoms with E-state index in [1.807, 2.05) is 26.0 Å². The topological polar surface area (TPSA) is 36.4 Å². The third-order valence-electron chi connectivity index (χ3n) is 6.71. The lowest BCUT2D eigenvalue weighted by Crippen LogP contribution is -2.39. The van der Waals surface area contributed by atoms with Crippen LogP contribution in [0.4, 0.5) is 17.6 Å². The Kier molecular flexibility index (Phi) is 8.27. The molecule has 3 aromatic rings. The van der Waals surface area contributed by atoms with E-state index in [1.165, 1.54) is 36.4 Å². The van der Waals surface area contributed by atoms with Crippen LogP contribution in [0.2, 0.25) is 0 Å². The Morgan fingerprint density at radius 3 is 2.49 bits per heavy atom. The van der Waals surface area contributed by atoms with E-state index in [2.05, 4.69) is 9.88 Å². The highest BCUT2D eigenvalue weighted by Crippen LogP contribution is 2.37. The molecule has 2 atom stereocenters. The third kappa shape index (κ3) is 6.95. The molecule has 0 spiro atoms. The second-order valence-corrected chi connectivity index (χ2v) is 10.2. The minimum atomic E-state index is -4.43. The number of carbonyl (C=O) groups excluding carboxylic acids is 1. The fraction of sp³-hybridized carbons (Fsp3) is 0.379. The molecular weight excluding hydrogens is 482 g/mol. The van der Waals surface area contributed by atoms with Crippen LogP contribution in [-0.4, -0.2) is 46.9 Å². The van der Waals surface area contributed by atoms with Crippen LogP contribution in [0.3, 0.4) is 0 Å². The molecule has 1 fully saturated rings. The van der Waals surface area contributed by atoms with Gasteiger partial charge >= 0.3 is 6.18 Å². The highest BCUT2D eigenvalue weighted by molar-refractivity contribution is 5.94. The SMILES string of the molecule is CC(C)CN(CC1CN(Cc2cccnc2)CC1c1cccc(C(F)(F)F)c1)C(=O)c1ccc(F)cc1. The van der Waals surface area contributed by atoms with Crippen molar-refractivity contribution in [3.63, 3.8) is 0 Å². The first-order chi connectivity index (χ1) is 17.6. The summed E-state index contributed by atoms with van der Waals surface area (Å²) in [4.78, 5) is 21.6. The molecule has 2 aromatic carbocycles. The molecule has 37 heavy (non-hydrogen) atoms. The van der Waals surface area contributed by atoms with E-state index >= 15 is 0 Å². The van der Waals surface area contributed by atoms with Gasteiger partial charge < -0.3 is 4.90 Å². The number of pyridine rings is 1. The van der Waals surface area contributed by atoms with Crippen LogP contribution in [-0.2, 0) is 12.7 Å². The number of aromatic nitrogens is 1. The molecule has 4 nitrogen and oxygen atoms in total. The van der Waals surface area contributed by atoms with E-state index in [4.69, 9.17) is 0 Å². The van der Waals surface area contributed by atoms with Gasteiger partial charge in [0.1, 0.15) is 5.82 Å². The number of halogens is 4. The molecule has 1 aromatic heterocycles. The van der Waals surface area contributed by atoms with Crippen LogP contribution in [0.1, 0.15) is 46.8 Å². The first-order valence-electron chi connectivity index (χ1n) is 12.4. The van der Waals surface area contributed by atoms with Gasteiger partial charge in [-0.25, -0.2) is 4.39 Å². The van der Waals surface area contributed by atoms with E-state index in [1.54, 1.807) is 23.4 Å². The van der Waals surface area contributed by atoms with Crippen molar-refractivity contribution < 1.29 is 22.4 Å². The molecule has 0 bridgehead atoms. The summed E-state index contributed by atoms with van der Waals surface area (Å²) in [6.45, 7) is 6.72. The first kappa shape index (κ1) is 26.8. The average molecular weight is 514 g/mol. The van der Waals surface area contributed by atoms with Gasteiger partial charge in [-0.05, 0) is 59.4 Å². The average Bonchev–Trinajstić information content (AvgIpc) is 3.25. The second kappa shape index (κ2) is 11.4. The summed E-state index contributed by atoms with van der Waals surface area (Å²) in [7, 11) is 0. The van der Waals surface area contributed by atoms with Crippen molar-refractivity contribution in [2.45, 2.75) is 32.5 Å². The van der Waals surface area contributed by atoms with Crippen molar-refractivity contribution in [1.82, 2.24) is 14.8 Å². The number of hydrogen-bond acceptors (Lipinski definition) is 3. The minimum Gasteiger partial charge on any atom is -0.338 e. The Morgan fingerprint density at radius 2 is 1.84 bits per heavy atom. The molecule has 1 aliphatic heterocycles. The molecule has 0 aliphatic carbocycles. The van der Waals surface area contributed by atoms with Crippen LogP contribution >= 0.6 is 0 Å². The molecule has 8 heteroatoms. The summed E-state index contributed by atoms with van der Waals surface area (Å²) >= 11 is 0. The lowest BCUT2D eigenvalue weighted by Gasteiger charge is -2.30. The molecule has 0 radical (unpaired) electrons. The molecule has 4 rings (SSSR count). The van der Waals surface area contributed by atoms with Gasteiger partial charge in [0, 0.05) is 56.6 Å². The van der Waals surface area contributed by atoms with E-state index in [-0.39, 0.29) is 23.7 Å². The van der Waals surface area contributed by atoms with Gasteiger partial charge in [-0.2, -0.15) is 13.2 Å². The van der Waals surface area contributed by atoms with E-state index in [0.717, 1.165) is 11.6 Å². The first-order valence-corrected chi connectivity index (χ1v) is 12.4. The van der Waals surface area contributed by atoms with Gasteiger partial charge in [0.2, 0.25) is 0 Å². The van der Waals surface area contributed by atoms with E-state index in [0.29, 0.717) is 43.9 Å². The van der Waals surface area contributed by atoms with Crippen molar-refractivity contribution in [3.05, 3.63) is 101 Å². The van der Waals surface area contributed by atoms with Crippen molar-refractivity contribution in [3.8, 4) is 0 Å². The summed E-state index contributed by atoms with van der Waals surface area (Å²) in [6.07, 6.45) is -0.940. The van der Waals surface area contributed by atoms with Crippen molar-refractivity contribution in [2.24, 2.45) is 11.8 Å². The van der Waals surface area contributed by atoms with Gasteiger partial charge in [0.25, 0.3) is 5.91 Å². The maximum absolute atomic E-state index is 13.5. The van der Waals surface area contributed by atoms with Crippen LogP contribution in [0.25, 0.3) is 0 Å². The lowest BCUT2D eigenvalue weighted by atomic mass is 9.87. The normalized spacial score (nSPS) is 18.4. The Hall–Kier alpha value is -3.26. The molecule has 0 saturated carbocycles. The van der Waals surface area contributed by atoms with E-state index < -0.39 is 17.6 Å². The molecule has 196 valence electrons. The monoisotopic (exact) mass is 513 g/mol. The highest BCUT2D eigenvalue weighted by Gasteiger charge is 2.38. The Labute approximate surface area is 214 Å². The van der Waals surface area contributed by atoms with Gasteiger partial charge in [0.05, 0.1) is 5.56 Å². The number of benzene rings is 2. The van der Waals surface area contributed by atoms with E-state index in [9.17, 15) is 22.4 Å². The van der Waals surface area contributed by atoms with Gasteiger partial charge in [0.15, 0.2) is 0 Å². The molecule has 1 amide bonds. The molecule has 1 aliphatic rings. The van der Waals surface area contributed by atoms with Crippen LogP contribution in [0.15, 0.2) is 73.1 Å². The number of carbonyl (C=O) groups is 1. The molecular formula is C29H31F4N3O. The highest BCUT2D eigenvalue weighted by atomic mass is 19.4. The number of likely N-dealkylation sites (tertiary alicyclic amines) is 1. The van der Waals surface area contributed by atoms with Gasteiger partial charge in [-0.1, -0.05) is 38.1 Å². The molecule has 2 heterocycles. The standard InChI is InChI=1S/C29H31F4N3O/c1-20(2)15-36(28(37)22-8-10-26(30)11-9-22)18-24-17-35(16-21-5-4-12-34-14-21)19-27(24)23-6-3-7-25(13-23)29(31,32)33/h3-14,20,24,27H,15-19H2,1-2H3.